The Morgan fingerprint density at radius 2 is 1.88 bits per heavy atom. The standard InChI is InChI=1S/C12H9ClF2N2/c13-9-4-5-16-7-12(9)17-6-8-10(14)2-1-3-11(8)15/h1-5,7,17H,6H2. The van der Waals surface area contributed by atoms with Gasteiger partial charge in [0.25, 0.3) is 0 Å². The molecule has 0 saturated heterocycles. The molecule has 0 amide bonds. The maximum absolute atomic E-state index is 13.3. The van der Waals surface area contributed by atoms with Gasteiger partial charge in [0, 0.05) is 18.3 Å². The summed E-state index contributed by atoms with van der Waals surface area (Å²) in [4.78, 5) is 3.87. The highest BCUT2D eigenvalue weighted by atomic mass is 35.5. The summed E-state index contributed by atoms with van der Waals surface area (Å²) in [7, 11) is 0. The largest absolute Gasteiger partial charge is 0.378 e. The summed E-state index contributed by atoms with van der Waals surface area (Å²) in [6.07, 6.45) is 3.04. The third-order valence-electron chi connectivity index (χ3n) is 2.29. The van der Waals surface area contributed by atoms with Gasteiger partial charge in [-0.25, -0.2) is 8.78 Å². The van der Waals surface area contributed by atoms with E-state index in [4.69, 9.17) is 11.6 Å². The smallest absolute Gasteiger partial charge is 0.131 e. The Labute approximate surface area is 102 Å². The van der Waals surface area contributed by atoms with Crippen molar-refractivity contribution in [1.82, 2.24) is 4.98 Å². The molecular formula is C12H9ClF2N2. The number of halogens is 3. The van der Waals surface area contributed by atoms with Crippen LogP contribution in [0, 0.1) is 11.6 Å². The third-order valence-corrected chi connectivity index (χ3v) is 2.61. The van der Waals surface area contributed by atoms with Crippen LogP contribution in [0.2, 0.25) is 5.02 Å². The van der Waals surface area contributed by atoms with Gasteiger partial charge in [0.15, 0.2) is 0 Å². The van der Waals surface area contributed by atoms with Gasteiger partial charge >= 0.3 is 0 Å². The molecule has 0 aliphatic heterocycles. The summed E-state index contributed by atoms with van der Waals surface area (Å²) in [6.45, 7) is 0.0178. The van der Waals surface area contributed by atoms with E-state index in [2.05, 4.69) is 10.3 Å². The van der Waals surface area contributed by atoms with Crippen molar-refractivity contribution in [3.8, 4) is 0 Å². The van der Waals surface area contributed by atoms with Gasteiger partial charge in [-0.2, -0.15) is 0 Å². The Kier molecular flexibility index (Phi) is 3.54. The van der Waals surface area contributed by atoms with Crippen LogP contribution in [0.25, 0.3) is 0 Å². The Bertz CT molecular complexity index is 511. The number of pyridine rings is 1. The molecule has 0 unspecified atom stereocenters. The molecule has 2 nitrogen and oxygen atoms in total. The van der Waals surface area contributed by atoms with E-state index in [1.807, 2.05) is 0 Å². The molecule has 0 bridgehead atoms. The monoisotopic (exact) mass is 254 g/mol. The second-order valence-electron chi connectivity index (χ2n) is 3.41. The first kappa shape index (κ1) is 11.8. The summed E-state index contributed by atoms with van der Waals surface area (Å²) >= 11 is 5.88. The van der Waals surface area contributed by atoms with Crippen molar-refractivity contribution < 1.29 is 8.78 Å². The lowest BCUT2D eigenvalue weighted by Gasteiger charge is -2.09. The highest BCUT2D eigenvalue weighted by Gasteiger charge is 2.08. The molecule has 2 aromatic rings. The SMILES string of the molecule is Fc1cccc(F)c1CNc1cnccc1Cl. The molecule has 0 aliphatic rings. The number of benzene rings is 1. The summed E-state index contributed by atoms with van der Waals surface area (Å²) in [5.74, 6) is -1.17. The summed E-state index contributed by atoms with van der Waals surface area (Å²) in [5.41, 5.74) is 0.518. The number of nitrogens with one attached hydrogen (secondary N) is 1. The lowest BCUT2D eigenvalue weighted by Crippen LogP contribution is -2.05. The predicted molar refractivity (Wildman–Crippen MR) is 62.9 cm³/mol. The van der Waals surface area contributed by atoms with E-state index in [1.54, 1.807) is 6.07 Å². The molecule has 0 saturated carbocycles. The van der Waals surface area contributed by atoms with E-state index >= 15 is 0 Å². The molecule has 1 N–H and O–H groups in total. The Morgan fingerprint density at radius 3 is 2.53 bits per heavy atom. The zero-order valence-electron chi connectivity index (χ0n) is 8.75. The second-order valence-corrected chi connectivity index (χ2v) is 3.82. The van der Waals surface area contributed by atoms with Crippen molar-refractivity contribution in [3.63, 3.8) is 0 Å². The molecule has 0 spiro atoms. The third kappa shape index (κ3) is 2.71. The summed E-state index contributed by atoms with van der Waals surface area (Å²) in [5, 5.41) is 3.29. The second kappa shape index (κ2) is 5.10. The van der Waals surface area contributed by atoms with Crippen molar-refractivity contribution >= 4 is 17.3 Å². The molecule has 0 fully saturated rings. The van der Waals surface area contributed by atoms with Gasteiger partial charge in [-0.1, -0.05) is 17.7 Å². The van der Waals surface area contributed by atoms with Crippen LogP contribution in [0.5, 0.6) is 0 Å². The molecule has 88 valence electrons. The number of anilines is 1. The van der Waals surface area contributed by atoms with E-state index in [-0.39, 0.29) is 12.1 Å². The predicted octanol–water partition coefficient (Wildman–Crippen LogP) is 3.63. The minimum Gasteiger partial charge on any atom is -0.378 e. The van der Waals surface area contributed by atoms with E-state index < -0.39 is 11.6 Å². The number of hydrogen-bond donors (Lipinski definition) is 1. The highest BCUT2D eigenvalue weighted by molar-refractivity contribution is 6.33. The maximum Gasteiger partial charge on any atom is 0.131 e. The fourth-order valence-corrected chi connectivity index (χ4v) is 1.56. The minimum atomic E-state index is -0.586. The average molecular weight is 255 g/mol. The lowest BCUT2D eigenvalue weighted by molar-refractivity contribution is 0.560. The van der Waals surface area contributed by atoms with Crippen LogP contribution in [0.1, 0.15) is 5.56 Å². The van der Waals surface area contributed by atoms with Gasteiger partial charge in [0.2, 0.25) is 0 Å². The van der Waals surface area contributed by atoms with Crippen LogP contribution in [0.4, 0.5) is 14.5 Å². The van der Waals surface area contributed by atoms with Crippen LogP contribution in [0.15, 0.2) is 36.7 Å². The molecule has 0 radical (unpaired) electrons. The minimum absolute atomic E-state index is 0.0178. The first-order valence-corrected chi connectivity index (χ1v) is 5.32. The van der Waals surface area contributed by atoms with E-state index in [0.717, 1.165) is 0 Å². The van der Waals surface area contributed by atoms with Crippen LogP contribution in [-0.4, -0.2) is 4.98 Å². The molecule has 17 heavy (non-hydrogen) atoms. The average Bonchev–Trinajstić information content (AvgIpc) is 2.30. The van der Waals surface area contributed by atoms with Crippen molar-refractivity contribution in [2.75, 3.05) is 5.32 Å². The van der Waals surface area contributed by atoms with Crippen LogP contribution in [-0.2, 0) is 6.54 Å². The highest BCUT2D eigenvalue weighted by Crippen LogP contribution is 2.21. The summed E-state index contributed by atoms with van der Waals surface area (Å²) < 4.78 is 26.7. The topological polar surface area (TPSA) is 24.9 Å². The summed E-state index contributed by atoms with van der Waals surface area (Å²) in [6, 6.07) is 5.35. The fourth-order valence-electron chi connectivity index (χ4n) is 1.39. The van der Waals surface area contributed by atoms with E-state index in [1.165, 1.54) is 30.6 Å². The van der Waals surface area contributed by atoms with E-state index in [0.29, 0.717) is 10.7 Å². The Hall–Kier alpha value is -1.68. The molecule has 2 rings (SSSR count). The zero-order valence-corrected chi connectivity index (χ0v) is 9.51. The van der Waals surface area contributed by atoms with Crippen molar-refractivity contribution in [2.24, 2.45) is 0 Å². The first-order valence-electron chi connectivity index (χ1n) is 4.95. The van der Waals surface area contributed by atoms with Gasteiger partial charge in [0.05, 0.1) is 16.9 Å². The quantitative estimate of drug-likeness (QED) is 0.905. The number of nitrogens with zero attached hydrogens (tertiary/aromatic N) is 1. The number of rotatable bonds is 3. The van der Waals surface area contributed by atoms with Crippen molar-refractivity contribution in [2.45, 2.75) is 6.54 Å². The van der Waals surface area contributed by atoms with Gasteiger partial charge in [0.1, 0.15) is 11.6 Å². The van der Waals surface area contributed by atoms with Crippen LogP contribution < -0.4 is 5.32 Å². The molecule has 1 aromatic carbocycles. The molecule has 5 heteroatoms. The molecule has 1 heterocycles. The first-order chi connectivity index (χ1) is 8.18. The lowest BCUT2D eigenvalue weighted by atomic mass is 10.2. The van der Waals surface area contributed by atoms with Crippen molar-refractivity contribution in [3.05, 3.63) is 58.9 Å². The fraction of sp³-hybridized carbons (Fsp3) is 0.0833. The zero-order chi connectivity index (χ0) is 12.3. The van der Waals surface area contributed by atoms with Crippen LogP contribution >= 0.6 is 11.6 Å². The molecular weight excluding hydrogens is 246 g/mol. The van der Waals surface area contributed by atoms with Gasteiger partial charge < -0.3 is 5.32 Å². The van der Waals surface area contributed by atoms with Gasteiger partial charge in [-0.15, -0.1) is 0 Å². The van der Waals surface area contributed by atoms with Gasteiger partial charge in [-0.3, -0.25) is 4.98 Å². The molecule has 0 atom stereocenters. The number of aromatic nitrogens is 1. The Morgan fingerprint density at radius 1 is 1.18 bits per heavy atom. The number of hydrogen-bond acceptors (Lipinski definition) is 2. The van der Waals surface area contributed by atoms with Crippen molar-refractivity contribution in [1.29, 1.82) is 0 Å². The maximum atomic E-state index is 13.3. The van der Waals surface area contributed by atoms with E-state index in [9.17, 15) is 8.78 Å². The normalized spacial score (nSPS) is 10.3. The Balaban J connectivity index is 2.16. The van der Waals surface area contributed by atoms with Gasteiger partial charge in [-0.05, 0) is 18.2 Å². The van der Waals surface area contributed by atoms with Crippen LogP contribution in [0.3, 0.4) is 0 Å². The molecule has 0 aliphatic carbocycles. The molecule has 1 aromatic heterocycles.